The number of nitrogens with one attached hydrogen (secondary N) is 1. The van der Waals surface area contributed by atoms with E-state index in [2.05, 4.69) is 15.3 Å². The lowest BCUT2D eigenvalue weighted by Gasteiger charge is -2.24. The predicted molar refractivity (Wildman–Crippen MR) is 131 cm³/mol. The Morgan fingerprint density at radius 2 is 1.97 bits per heavy atom. The molecule has 8 heteroatoms. The molecule has 1 fully saturated rings. The maximum atomic E-state index is 13.0. The number of hydrogen-bond acceptors (Lipinski definition) is 6. The number of hydrogen-bond donors (Lipinski definition) is 1. The highest BCUT2D eigenvalue weighted by molar-refractivity contribution is 6.02. The van der Waals surface area contributed by atoms with Gasteiger partial charge in [0.15, 0.2) is 6.61 Å². The first kappa shape index (κ1) is 23.2. The van der Waals surface area contributed by atoms with Gasteiger partial charge in [-0.15, -0.1) is 0 Å². The summed E-state index contributed by atoms with van der Waals surface area (Å²) in [5.74, 6) is 0.684. The van der Waals surface area contributed by atoms with E-state index in [-0.39, 0.29) is 30.2 Å². The standard InChI is InChI=1S/C26H29N5O3/c1-18-12-13-24(27-16-18)29-26(33)22-10-5-9-21(28-22)23-11-6-14-31(23)25(32)17-34-20-8-4-7-19(15-20)30(2)3/h4-5,7-10,12-13,15-16,23H,6,11,14,17H2,1-3H3,(H,27,29,33)/t23-/m0/s1. The van der Waals surface area contributed by atoms with Gasteiger partial charge in [-0.25, -0.2) is 9.97 Å². The number of anilines is 2. The molecule has 1 N–H and O–H groups in total. The molecule has 0 unspecified atom stereocenters. The molecule has 1 saturated heterocycles. The summed E-state index contributed by atoms with van der Waals surface area (Å²) in [4.78, 5) is 38.2. The monoisotopic (exact) mass is 459 g/mol. The van der Waals surface area contributed by atoms with Gasteiger partial charge in [-0.3, -0.25) is 9.59 Å². The van der Waals surface area contributed by atoms with Gasteiger partial charge >= 0.3 is 0 Å². The second-order valence-electron chi connectivity index (χ2n) is 8.55. The average Bonchev–Trinajstić information content (AvgIpc) is 3.34. The van der Waals surface area contributed by atoms with Crippen LogP contribution in [0.1, 0.15) is 40.6 Å². The predicted octanol–water partition coefficient (Wildman–Crippen LogP) is 3.85. The molecular weight excluding hydrogens is 430 g/mol. The molecule has 1 aliphatic rings. The molecule has 4 rings (SSSR count). The molecule has 0 spiro atoms. The van der Waals surface area contributed by atoms with Crippen molar-refractivity contribution in [2.24, 2.45) is 0 Å². The highest BCUT2D eigenvalue weighted by atomic mass is 16.5. The van der Waals surface area contributed by atoms with Crippen molar-refractivity contribution in [2.75, 3.05) is 37.5 Å². The highest BCUT2D eigenvalue weighted by Crippen LogP contribution is 2.31. The van der Waals surface area contributed by atoms with Crippen LogP contribution in [0.3, 0.4) is 0 Å². The van der Waals surface area contributed by atoms with E-state index in [0.717, 1.165) is 24.1 Å². The second-order valence-corrected chi connectivity index (χ2v) is 8.55. The summed E-state index contributed by atoms with van der Waals surface area (Å²) in [7, 11) is 3.91. The SMILES string of the molecule is Cc1ccc(NC(=O)c2cccc([C@@H]3CCCN3C(=O)COc3cccc(N(C)C)c3)n2)nc1. The van der Waals surface area contributed by atoms with E-state index in [4.69, 9.17) is 4.74 Å². The molecule has 1 aromatic carbocycles. The number of likely N-dealkylation sites (tertiary alicyclic amines) is 1. The summed E-state index contributed by atoms with van der Waals surface area (Å²) in [6, 6.07) is 16.4. The molecule has 0 bridgehead atoms. The lowest BCUT2D eigenvalue weighted by molar-refractivity contribution is -0.134. The lowest BCUT2D eigenvalue weighted by atomic mass is 10.1. The van der Waals surface area contributed by atoms with Crippen molar-refractivity contribution in [3.63, 3.8) is 0 Å². The number of nitrogens with zero attached hydrogens (tertiary/aromatic N) is 4. The van der Waals surface area contributed by atoms with E-state index in [0.29, 0.717) is 23.8 Å². The molecule has 0 aliphatic carbocycles. The van der Waals surface area contributed by atoms with E-state index in [1.165, 1.54) is 0 Å². The Hall–Kier alpha value is -3.94. The average molecular weight is 460 g/mol. The number of ether oxygens (including phenoxy) is 1. The first-order chi connectivity index (χ1) is 16.4. The summed E-state index contributed by atoms with van der Waals surface area (Å²) in [5, 5.41) is 2.77. The molecule has 3 heterocycles. The van der Waals surface area contributed by atoms with E-state index in [1.807, 2.05) is 62.3 Å². The Labute approximate surface area is 199 Å². The molecule has 34 heavy (non-hydrogen) atoms. The molecule has 176 valence electrons. The van der Waals surface area contributed by atoms with Gasteiger partial charge in [0.05, 0.1) is 11.7 Å². The maximum Gasteiger partial charge on any atom is 0.275 e. The third-order valence-electron chi connectivity index (χ3n) is 5.77. The number of benzene rings is 1. The first-order valence-corrected chi connectivity index (χ1v) is 11.3. The van der Waals surface area contributed by atoms with Crippen LogP contribution in [0.2, 0.25) is 0 Å². The second kappa shape index (κ2) is 10.3. The van der Waals surface area contributed by atoms with Crippen LogP contribution < -0.4 is 15.0 Å². The third kappa shape index (κ3) is 5.51. The minimum Gasteiger partial charge on any atom is -0.484 e. The van der Waals surface area contributed by atoms with Crippen LogP contribution in [0, 0.1) is 6.92 Å². The molecule has 8 nitrogen and oxygen atoms in total. The molecule has 3 aromatic rings. The number of amides is 2. The Balaban J connectivity index is 1.42. The summed E-state index contributed by atoms with van der Waals surface area (Å²) in [5.41, 5.74) is 3.00. The normalized spacial score (nSPS) is 15.1. The van der Waals surface area contributed by atoms with Gasteiger partial charge < -0.3 is 19.9 Å². The molecular formula is C26H29N5O3. The van der Waals surface area contributed by atoms with Crippen molar-refractivity contribution in [1.29, 1.82) is 0 Å². The van der Waals surface area contributed by atoms with E-state index < -0.39 is 0 Å². The zero-order valence-electron chi connectivity index (χ0n) is 19.7. The van der Waals surface area contributed by atoms with Gasteiger partial charge in [0, 0.05) is 38.6 Å². The van der Waals surface area contributed by atoms with Gasteiger partial charge in [0.1, 0.15) is 17.3 Å². The fourth-order valence-corrected chi connectivity index (χ4v) is 3.94. The Kier molecular flexibility index (Phi) is 7.06. The Morgan fingerprint density at radius 1 is 1.15 bits per heavy atom. The Bertz CT molecular complexity index is 1160. The summed E-state index contributed by atoms with van der Waals surface area (Å²) in [6.45, 7) is 2.52. The van der Waals surface area contributed by atoms with Gasteiger partial charge in [-0.05, 0) is 55.7 Å². The third-order valence-corrected chi connectivity index (χ3v) is 5.77. The van der Waals surface area contributed by atoms with Crippen molar-refractivity contribution in [3.05, 3.63) is 77.7 Å². The fraction of sp³-hybridized carbons (Fsp3) is 0.308. The van der Waals surface area contributed by atoms with Crippen molar-refractivity contribution >= 4 is 23.3 Å². The topological polar surface area (TPSA) is 87.7 Å². The van der Waals surface area contributed by atoms with Gasteiger partial charge in [0.2, 0.25) is 0 Å². The molecule has 2 amide bonds. The number of rotatable bonds is 7. The largest absolute Gasteiger partial charge is 0.484 e. The van der Waals surface area contributed by atoms with Crippen LogP contribution in [0.5, 0.6) is 5.75 Å². The number of pyridine rings is 2. The van der Waals surface area contributed by atoms with Gasteiger partial charge in [0.25, 0.3) is 11.8 Å². The summed E-state index contributed by atoms with van der Waals surface area (Å²) < 4.78 is 5.78. The summed E-state index contributed by atoms with van der Waals surface area (Å²) in [6.07, 6.45) is 3.36. The minimum atomic E-state index is -0.335. The quantitative estimate of drug-likeness (QED) is 0.578. The lowest BCUT2D eigenvalue weighted by Crippen LogP contribution is -2.35. The van der Waals surface area contributed by atoms with Crippen LogP contribution >= 0.6 is 0 Å². The van der Waals surface area contributed by atoms with E-state index in [1.54, 1.807) is 29.3 Å². The van der Waals surface area contributed by atoms with Gasteiger partial charge in [-0.2, -0.15) is 0 Å². The van der Waals surface area contributed by atoms with Crippen LogP contribution in [-0.2, 0) is 4.79 Å². The zero-order chi connectivity index (χ0) is 24.1. The van der Waals surface area contributed by atoms with Crippen LogP contribution in [0.4, 0.5) is 11.5 Å². The number of aromatic nitrogens is 2. The Morgan fingerprint density at radius 3 is 2.74 bits per heavy atom. The zero-order valence-corrected chi connectivity index (χ0v) is 19.7. The van der Waals surface area contributed by atoms with Crippen molar-refractivity contribution in [1.82, 2.24) is 14.9 Å². The molecule has 1 atom stereocenters. The van der Waals surface area contributed by atoms with Crippen LogP contribution in [0.25, 0.3) is 0 Å². The van der Waals surface area contributed by atoms with Crippen LogP contribution in [-0.4, -0.2) is 53.9 Å². The molecule has 2 aromatic heterocycles. The van der Waals surface area contributed by atoms with Crippen molar-refractivity contribution < 1.29 is 14.3 Å². The minimum absolute atomic E-state index is 0.0490. The summed E-state index contributed by atoms with van der Waals surface area (Å²) >= 11 is 0. The molecule has 1 aliphatic heterocycles. The maximum absolute atomic E-state index is 13.0. The van der Waals surface area contributed by atoms with Crippen molar-refractivity contribution in [2.45, 2.75) is 25.8 Å². The van der Waals surface area contributed by atoms with E-state index in [9.17, 15) is 9.59 Å². The highest BCUT2D eigenvalue weighted by Gasteiger charge is 2.31. The number of carbonyl (C=O) groups excluding carboxylic acids is 2. The first-order valence-electron chi connectivity index (χ1n) is 11.3. The molecule has 0 saturated carbocycles. The fourth-order valence-electron chi connectivity index (χ4n) is 3.94. The molecule has 0 radical (unpaired) electrons. The number of carbonyl (C=O) groups is 2. The van der Waals surface area contributed by atoms with Crippen molar-refractivity contribution in [3.8, 4) is 5.75 Å². The smallest absolute Gasteiger partial charge is 0.275 e. The number of aryl methyl sites for hydroxylation is 1. The van der Waals surface area contributed by atoms with Crippen LogP contribution in [0.15, 0.2) is 60.8 Å². The van der Waals surface area contributed by atoms with E-state index >= 15 is 0 Å². The van der Waals surface area contributed by atoms with Gasteiger partial charge in [-0.1, -0.05) is 18.2 Å².